The molecule has 0 saturated carbocycles. The molecule has 0 radical (unpaired) electrons. The molecule has 5 heteroatoms. The third-order valence-corrected chi connectivity index (χ3v) is 4.72. The molecule has 0 aromatic carbocycles. The summed E-state index contributed by atoms with van der Waals surface area (Å²) in [6.07, 6.45) is 19.8. The van der Waals surface area contributed by atoms with Gasteiger partial charge in [0.05, 0.1) is 13.2 Å². The van der Waals surface area contributed by atoms with Gasteiger partial charge in [0.25, 0.3) is 0 Å². The Balaban J connectivity index is 3.37. The second kappa shape index (κ2) is 20.8. The number of rotatable bonds is 20. The summed E-state index contributed by atoms with van der Waals surface area (Å²) in [5.41, 5.74) is 0. The Kier molecular flexibility index (Phi) is 20.1. The number of hydrogen-bond donors (Lipinski definition) is 2. The number of hydrogen-bond acceptors (Lipinski definition) is 5. The van der Waals surface area contributed by atoms with Crippen LogP contribution in [0.2, 0.25) is 0 Å². The van der Waals surface area contributed by atoms with Gasteiger partial charge in [-0.05, 0) is 38.5 Å². The minimum absolute atomic E-state index is 0.0162. The summed E-state index contributed by atoms with van der Waals surface area (Å²) in [5, 5.41) is 18.8. The predicted molar refractivity (Wildman–Crippen MR) is 114 cm³/mol. The molecule has 166 valence electrons. The quantitative estimate of drug-likeness (QED) is 0.126. The summed E-state index contributed by atoms with van der Waals surface area (Å²) in [6.45, 7) is 3.25. The van der Waals surface area contributed by atoms with E-state index in [0.717, 1.165) is 12.8 Å². The van der Waals surface area contributed by atoms with E-state index in [1.54, 1.807) is 0 Å². The van der Waals surface area contributed by atoms with Crippen molar-refractivity contribution in [3.63, 3.8) is 0 Å². The van der Waals surface area contributed by atoms with Crippen molar-refractivity contribution < 1.29 is 24.5 Å². The molecule has 0 aliphatic heterocycles. The van der Waals surface area contributed by atoms with Crippen LogP contribution < -0.4 is 0 Å². The highest BCUT2D eigenvalue weighted by atomic mass is 16.6. The summed E-state index contributed by atoms with van der Waals surface area (Å²) in [6, 6.07) is 0. The second-order valence-corrected chi connectivity index (χ2v) is 7.57. The molecule has 0 bridgehead atoms. The molecule has 0 aliphatic rings. The molecule has 2 N–H and O–H groups in total. The fraction of sp³-hybridized carbons (Fsp3) is 0.870. The molecule has 2 atom stereocenters. The number of aliphatic hydroxyl groups excluding tert-OH is 2. The van der Waals surface area contributed by atoms with Gasteiger partial charge in [-0.25, -0.2) is 0 Å². The smallest absolute Gasteiger partial charge is 0.303 e. The van der Waals surface area contributed by atoms with Crippen LogP contribution in [0.1, 0.15) is 104 Å². The Morgan fingerprint density at radius 2 is 1.43 bits per heavy atom. The number of allylic oxidation sites excluding steroid dienone is 2. The molecule has 0 rings (SSSR count). The molecule has 0 aliphatic carbocycles. The van der Waals surface area contributed by atoms with Crippen LogP contribution in [-0.4, -0.2) is 41.8 Å². The van der Waals surface area contributed by atoms with E-state index in [1.807, 2.05) is 0 Å². The summed E-state index contributed by atoms with van der Waals surface area (Å²) in [4.78, 5) is 10.8. The first-order valence-electron chi connectivity index (χ1n) is 11.3. The molecule has 0 fully saturated rings. The van der Waals surface area contributed by atoms with Gasteiger partial charge < -0.3 is 19.7 Å². The number of unbranched alkanes of at least 4 members (excludes halogenated alkanes) is 11. The van der Waals surface area contributed by atoms with Crippen molar-refractivity contribution in [2.75, 3.05) is 13.2 Å². The highest BCUT2D eigenvalue weighted by molar-refractivity contribution is 5.66. The standard InChI is InChI=1S/C23H44O5/c1-3-4-5-6-7-8-9-10-11-12-13-14-15-16-17-18-23(26)27-20-22(19-24)28-21(2)25/h10-11,22-24,26H,3-9,12-20H2,1-2H3/t22-,23?/m0/s1. The van der Waals surface area contributed by atoms with Gasteiger partial charge in [0.15, 0.2) is 6.29 Å². The zero-order valence-electron chi connectivity index (χ0n) is 18.2. The monoisotopic (exact) mass is 400 g/mol. The van der Waals surface area contributed by atoms with Crippen molar-refractivity contribution in [3.05, 3.63) is 12.2 Å². The number of carbonyl (C=O) groups is 1. The zero-order chi connectivity index (χ0) is 20.9. The maximum atomic E-state index is 10.8. The van der Waals surface area contributed by atoms with E-state index in [-0.39, 0.29) is 13.2 Å². The lowest BCUT2D eigenvalue weighted by Gasteiger charge is -2.17. The van der Waals surface area contributed by atoms with Crippen molar-refractivity contribution in [3.8, 4) is 0 Å². The lowest BCUT2D eigenvalue weighted by atomic mass is 10.1. The average Bonchev–Trinajstić information content (AvgIpc) is 2.67. The minimum Gasteiger partial charge on any atom is -0.458 e. The van der Waals surface area contributed by atoms with E-state index in [0.29, 0.717) is 6.42 Å². The van der Waals surface area contributed by atoms with Crippen LogP contribution >= 0.6 is 0 Å². The first-order chi connectivity index (χ1) is 13.6. The van der Waals surface area contributed by atoms with Crippen molar-refractivity contribution in [2.24, 2.45) is 0 Å². The van der Waals surface area contributed by atoms with E-state index in [9.17, 15) is 9.90 Å². The second-order valence-electron chi connectivity index (χ2n) is 7.57. The van der Waals surface area contributed by atoms with Crippen molar-refractivity contribution in [1.29, 1.82) is 0 Å². The molecule has 0 aromatic rings. The average molecular weight is 401 g/mol. The predicted octanol–water partition coefficient (Wildman–Crippen LogP) is 5.28. The number of ether oxygens (including phenoxy) is 2. The largest absolute Gasteiger partial charge is 0.458 e. The Morgan fingerprint density at radius 3 is 1.96 bits per heavy atom. The van der Waals surface area contributed by atoms with Gasteiger partial charge in [-0.15, -0.1) is 0 Å². The maximum absolute atomic E-state index is 10.8. The van der Waals surface area contributed by atoms with E-state index in [4.69, 9.17) is 14.6 Å². The lowest BCUT2D eigenvalue weighted by Crippen LogP contribution is -2.28. The first kappa shape index (κ1) is 27.1. The third kappa shape index (κ3) is 19.8. The minimum atomic E-state index is -0.866. The number of aliphatic hydroxyl groups is 2. The number of carbonyl (C=O) groups excluding carboxylic acids is 1. The van der Waals surface area contributed by atoms with Crippen LogP contribution in [0.4, 0.5) is 0 Å². The van der Waals surface area contributed by atoms with E-state index < -0.39 is 18.4 Å². The summed E-state index contributed by atoms with van der Waals surface area (Å²) in [7, 11) is 0. The van der Waals surface area contributed by atoms with Crippen LogP contribution in [0.15, 0.2) is 12.2 Å². The van der Waals surface area contributed by atoms with Gasteiger partial charge in [-0.2, -0.15) is 0 Å². The van der Waals surface area contributed by atoms with Gasteiger partial charge in [0, 0.05) is 6.92 Å². The molecular weight excluding hydrogens is 356 g/mol. The SMILES string of the molecule is CCCCCCCCC=CCCCCCCCC(O)OC[C@H](CO)OC(C)=O. The van der Waals surface area contributed by atoms with Gasteiger partial charge >= 0.3 is 5.97 Å². The highest BCUT2D eigenvalue weighted by Gasteiger charge is 2.13. The fourth-order valence-corrected chi connectivity index (χ4v) is 3.05. The van der Waals surface area contributed by atoms with Crippen LogP contribution in [-0.2, 0) is 14.3 Å². The number of esters is 1. The normalized spacial score (nSPS) is 13.7. The molecule has 28 heavy (non-hydrogen) atoms. The van der Waals surface area contributed by atoms with Crippen LogP contribution in [0.3, 0.4) is 0 Å². The highest BCUT2D eigenvalue weighted by Crippen LogP contribution is 2.11. The molecule has 5 nitrogen and oxygen atoms in total. The molecular formula is C23H44O5. The van der Waals surface area contributed by atoms with Gasteiger partial charge in [0.2, 0.25) is 0 Å². The lowest BCUT2D eigenvalue weighted by molar-refractivity contribution is -0.164. The van der Waals surface area contributed by atoms with E-state index in [1.165, 1.54) is 77.6 Å². The van der Waals surface area contributed by atoms with Crippen LogP contribution in [0.25, 0.3) is 0 Å². The zero-order valence-corrected chi connectivity index (χ0v) is 18.2. The molecule has 1 unspecified atom stereocenters. The van der Waals surface area contributed by atoms with E-state index >= 15 is 0 Å². The van der Waals surface area contributed by atoms with Crippen molar-refractivity contribution >= 4 is 5.97 Å². The Hall–Kier alpha value is -0.910. The molecule has 0 aromatic heterocycles. The Morgan fingerprint density at radius 1 is 0.893 bits per heavy atom. The van der Waals surface area contributed by atoms with Gasteiger partial charge in [0.1, 0.15) is 6.10 Å². The van der Waals surface area contributed by atoms with Crippen LogP contribution in [0, 0.1) is 0 Å². The van der Waals surface area contributed by atoms with Gasteiger partial charge in [-0.3, -0.25) is 4.79 Å². The fourth-order valence-electron chi connectivity index (χ4n) is 3.05. The van der Waals surface area contributed by atoms with Gasteiger partial charge in [-0.1, -0.05) is 70.4 Å². The maximum Gasteiger partial charge on any atom is 0.303 e. The van der Waals surface area contributed by atoms with Crippen molar-refractivity contribution in [2.45, 2.75) is 116 Å². The summed E-state index contributed by atoms with van der Waals surface area (Å²) in [5.74, 6) is -0.464. The Bertz CT molecular complexity index is 370. The summed E-state index contributed by atoms with van der Waals surface area (Å²) < 4.78 is 10.1. The molecule has 0 spiro atoms. The Labute approximate surface area is 172 Å². The molecule has 0 heterocycles. The summed E-state index contributed by atoms with van der Waals surface area (Å²) >= 11 is 0. The van der Waals surface area contributed by atoms with E-state index in [2.05, 4.69) is 19.1 Å². The topological polar surface area (TPSA) is 76.0 Å². The van der Waals surface area contributed by atoms with Crippen LogP contribution in [0.5, 0.6) is 0 Å². The third-order valence-electron chi connectivity index (χ3n) is 4.72. The molecule has 0 amide bonds. The molecule has 0 saturated heterocycles. The first-order valence-corrected chi connectivity index (χ1v) is 11.3. The van der Waals surface area contributed by atoms with Crippen molar-refractivity contribution in [1.82, 2.24) is 0 Å².